The van der Waals surface area contributed by atoms with Crippen LogP contribution in [0, 0.1) is 35.2 Å². The van der Waals surface area contributed by atoms with Crippen LogP contribution < -0.4 is 4.74 Å². The van der Waals surface area contributed by atoms with Crippen molar-refractivity contribution in [2.75, 3.05) is 0 Å². The fraction of sp³-hybridized carbons (Fsp3) is 0.714. The summed E-state index contributed by atoms with van der Waals surface area (Å²) in [6, 6.07) is 0.922. The van der Waals surface area contributed by atoms with Crippen LogP contribution >= 0.6 is 22.6 Å². The Morgan fingerprint density at radius 2 is 1.29 bits per heavy atom. The molecule has 0 spiro atoms. The summed E-state index contributed by atoms with van der Waals surface area (Å²) in [5.41, 5.74) is 0. The van der Waals surface area contributed by atoms with E-state index in [2.05, 4.69) is 27.3 Å². The molecule has 1 aromatic rings. The third-order valence-electron chi connectivity index (χ3n) is 6.29. The van der Waals surface area contributed by atoms with Crippen molar-refractivity contribution >= 4 is 22.6 Å². The molecular formula is C21H26F5IO. The van der Waals surface area contributed by atoms with Gasteiger partial charge in [0.25, 0.3) is 0 Å². The van der Waals surface area contributed by atoms with Gasteiger partial charge in [-0.25, -0.2) is 13.2 Å². The van der Waals surface area contributed by atoms with Gasteiger partial charge in [-0.2, -0.15) is 8.78 Å². The minimum absolute atomic E-state index is 0.324. The van der Waals surface area contributed by atoms with E-state index in [0.29, 0.717) is 30.9 Å². The molecule has 0 N–H and O–H groups in total. The molecule has 1 aromatic carbocycles. The summed E-state index contributed by atoms with van der Waals surface area (Å²) in [5.74, 6) is -5.20. The molecule has 2 saturated carbocycles. The number of rotatable bonds is 6. The second kappa shape index (κ2) is 9.47. The number of hydrogen-bond donors (Lipinski definition) is 0. The summed E-state index contributed by atoms with van der Waals surface area (Å²) in [4.78, 5) is 0. The fourth-order valence-electron chi connectivity index (χ4n) is 4.50. The lowest BCUT2D eigenvalue weighted by atomic mass is 9.77. The Balaban J connectivity index is 1.46. The van der Waals surface area contributed by atoms with Crippen LogP contribution in [0.2, 0.25) is 0 Å². The van der Waals surface area contributed by atoms with E-state index < -0.39 is 35.2 Å². The van der Waals surface area contributed by atoms with Crippen LogP contribution in [0.1, 0.15) is 64.2 Å². The van der Waals surface area contributed by atoms with Gasteiger partial charge in [0.2, 0.25) is 0 Å². The van der Waals surface area contributed by atoms with Crippen molar-refractivity contribution in [2.45, 2.75) is 74.2 Å². The molecule has 158 valence electrons. The predicted octanol–water partition coefficient (Wildman–Crippen LogP) is 7.66. The molecule has 0 aromatic heterocycles. The van der Waals surface area contributed by atoms with Gasteiger partial charge in [-0.3, -0.25) is 0 Å². The lowest BCUT2D eigenvalue weighted by Gasteiger charge is -2.34. The van der Waals surface area contributed by atoms with Crippen molar-refractivity contribution in [1.29, 1.82) is 0 Å². The second-order valence-corrected chi connectivity index (χ2v) is 10.0. The van der Waals surface area contributed by atoms with Gasteiger partial charge in [-0.05, 0) is 63.2 Å². The summed E-state index contributed by atoms with van der Waals surface area (Å²) >= 11 is 2.52. The summed E-state index contributed by atoms with van der Waals surface area (Å²) in [6.07, 6.45) is 5.95. The summed E-state index contributed by atoms with van der Waals surface area (Å²) in [5, 5.41) is 0. The molecule has 0 radical (unpaired) electrons. The van der Waals surface area contributed by atoms with Gasteiger partial charge >= 0.3 is 6.11 Å². The number of alkyl halides is 3. The van der Waals surface area contributed by atoms with Crippen LogP contribution in [0.3, 0.4) is 0 Å². The first-order valence-corrected chi connectivity index (χ1v) is 11.3. The Labute approximate surface area is 176 Å². The molecule has 2 aliphatic rings. The highest BCUT2D eigenvalue weighted by atomic mass is 127. The molecule has 2 fully saturated rings. The number of halogens is 6. The lowest BCUT2D eigenvalue weighted by Crippen LogP contribution is -2.37. The van der Waals surface area contributed by atoms with Crippen LogP contribution in [-0.4, -0.2) is 10.0 Å². The monoisotopic (exact) mass is 516 g/mol. The highest BCUT2D eigenvalue weighted by Gasteiger charge is 2.44. The average Bonchev–Trinajstić information content (AvgIpc) is 2.65. The molecule has 0 saturated heterocycles. The van der Waals surface area contributed by atoms with Gasteiger partial charge < -0.3 is 4.74 Å². The zero-order valence-electron chi connectivity index (χ0n) is 15.7. The predicted molar refractivity (Wildman–Crippen MR) is 106 cm³/mol. The zero-order valence-corrected chi connectivity index (χ0v) is 17.9. The molecule has 0 unspecified atom stereocenters. The first-order valence-electron chi connectivity index (χ1n) is 10.1. The SMILES string of the molecule is Fc1cc(OC(F)(F)C2CCC(CCC3CCC(I)CC3)CC2)cc(F)c1F. The topological polar surface area (TPSA) is 9.23 Å². The van der Waals surface area contributed by atoms with Gasteiger partial charge in [0, 0.05) is 16.1 Å². The lowest BCUT2D eigenvalue weighted by molar-refractivity contribution is -0.223. The van der Waals surface area contributed by atoms with Crippen molar-refractivity contribution in [3.8, 4) is 5.75 Å². The Bertz CT molecular complexity index is 629. The first kappa shape index (κ1) is 22.1. The minimum Gasteiger partial charge on any atom is -0.432 e. The molecule has 28 heavy (non-hydrogen) atoms. The first-order chi connectivity index (χ1) is 13.2. The van der Waals surface area contributed by atoms with E-state index in [1.54, 1.807) is 0 Å². The molecule has 3 rings (SSSR count). The maximum absolute atomic E-state index is 14.4. The van der Waals surface area contributed by atoms with Crippen LogP contribution in [0.25, 0.3) is 0 Å². The summed E-state index contributed by atoms with van der Waals surface area (Å²) in [6.45, 7) is 0. The van der Waals surface area contributed by atoms with Crippen LogP contribution in [0.5, 0.6) is 5.75 Å². The number of benzene rings is 1. The molecule has 0 atom stereocenters. The van der Waals surface area contributed by atoms with Crippen LogP contribution in [-0.2, 0) is 0 Å². The average molecular weight is 516 g/mol. The van der Waals surface area contributed by atoms with E-state index in [1.807, 2.05) is 0 Å². The molecular weight excluding hydrogens is 490 g/mol. The Morgan fingerprint density at radius 3 is 1.79 bits per heavy atom. The molecule has 1 nitrogen and oxygen atoms in total. The van der Waals surface area contributed by atoms with Crippen LogP contribution in [0.4, 0.5) is 22.0 Å². The van der Waals surface area contributed by atoms with Gasteiger partial charge in [0.15, 0.2) is 17.5 Å². The van der Waals surface area contributed by atoms with Gasteiger partial charge in [-0.1, -0.05) is 35.4 Å². The third-order valence-corrected chi connectivity index (χ3v) is 7.54. The highest BCUT2D eigenvalue weighted by molar-refractivity contribution is 14.1. The molecule has 0 aliphatic heterocycles. The molecule has 0 amide bonds. The third kappa shape index (κ3) is 5.72. The van der Waals surface area contributed by atoms with Crippen molar-refractivity contribution in [3.63, 3.8) is 0 Å². The van der Waals surface area contributed by atoms with Crippen molar-refractivity contribution < 1.29 is 26.7 Å². The molecule has 0 heterocycles. The van der Waals surface area contributed by atoms with E-state index in [4.69, 9.17) is 0 Å². The van der Waals surface area contributed by atoms with Crippen LogP contribution in [0.15, 0.2) is 12.1 Å². The highest BCUT2D eigenvalue weighted by Crippen LogP contribution is 2.42. The maximum atomic E-state index is 14.4. The zero-order chi connectivity index (χ0) is 20.3. The molecule has 0 bridgehead atoms. The van der Waals surface area contributed by atoms with E-state index in [0.717, 1.165) is 29.1 Å². The smallest absolute Gasteiger partial charge is 0.400 e. The molecule has 2 aliphatic carbocycles. The summed E-state index contributed by atoms with van der Waals surface area (Å²) < 4.78 is 73.7. The van der Waals surface area contributed by atoms with E-state index in [9.17, 15) is 22.0 Å². The van der Waals surface area contributed by atoms with Crippen molar-refractivity contribution in [2.24, 2.45) is 17.8 Å². The fourth-order valence-corrected chi connectivity index (χ4v) is 5.22. The maximum Gasteiger partial charge on any atom is 0.400 e. The van der Waals surface area contributed by atoms with E-state index in [-0.39, 0.29) is 0 Å². The summed E-state index contributed by atoms with van der Waals surface area (Å²) in [7, 11) is 0. The second-order valence-electron chi connectivity index (χ2n) is 8.28. The largest absolute Gasteiger partial charge is 0.432 e. The van der Waals surface area contributed by atoms with Crippen molar-refractivity contribution in [3.05, 3.63) is 29.6 Å². The Morgan fingerprint density at radius 1 is 0.821 bits per heavy atom. The Kier molecular flexibility index (Phi) is 7.48. The number of ether oxygens (including phenoxy) is 1. The minimum atomic E-state index is -3.53. The number of hydrogen-bond acceptors (Lipinski definition) is 1. The van der Waals surface area contributed by atoms with E-state index in [1.165, 1.54) is 32.1 Å². The van der Waals surface area contributed by atoms with E-state index >= 15 is 0 Å². The molecule has 7 heteroatoms. The quantitative estimate of drug-likeness (QED) is 0.163. The Hall–Kier alpha value is -0.600. The normalized spacial score (nSPS) is 28.9. The van der Waals surface area contributed by atoms with Gasteiger partial charge in [0.1, 0.15) is 5.75 Å². The standard InChI is InChI=1S/C21H26F5IO/c22-18-11-17(12-19(23)20(18)24)28-21(25,26)15-7-3-13(4-8-15)1-2-14-5-9-16(27)10-6-14/h11-16H,1-10H2. The van der Waals surface area contributed by atoms with Gasteiger partial charge in [-0.15, -0.1) is 0 Å². The van der Waals surface area contributed by atoms with Crippen molar-refractivity contribution in [1.82, 2.24) is 0 Å². The van der Waals surface area contributed by atoms with Gasteiger partial charge in [0.05, 0.1) is 5.92 Å².